The molecule has 0 spiro atoms. The lowest BCUT2D eigenvalue weighted by Gasteiger charge is -2.37. The van der Waals surface area contributed by atoms with E-state index in [1.165, 1.54) is 0 Å². The molecule has 2 amide bonds. The quantitative estimate of drug-likeness (QED) is 0.868. The standard InChI is InChI=1S/C16H23N3O3.ClH/c1-10-7-14(11(2)22-10)15(20)18-13-3-5-19(6-4-13)16(21)12-8-17-9-12;/h7,12-13,17H,3-6,8-9H2,1-2H3,(H,18,20);1H. The molecular weight excluding hydrogens is 318 g/mol. The highest BCUT2D eigenvalue weighted by molar-refractivity contribution is 5.95. The smallest absolute Gasteiger partial charge is 0.255 e. The van der Waals surface area contributed by atoms with Gasteiger partial charge in [0.15, 0.2) is 0 Å². The van der Waals surface area contributed by atoms with Gasteiger partial charge in [0.25, 0.3) is 5.91 Å². The Balaban J connectivity index is 0.00000192. The van der Waals surface area contributed by atoms with Crippen molar-refractivity contribution in [2.75, 3.05) is 26.2 Å². The first-order valence-corrected chi connectivity index (χ1v) is 7.92. The van der Waals surface area contributed by atoms with Gasteiger partial charge in [-0.2, -0.15) is 0 Å². The van der Waals surface area contributed by atoms with Crippen LogP contribution in [0, 0.1) is 19.8 Å². The summed E-state index contributed by atoms with van der Waals surface area (Å²) in [5, 5.41) is 6.18. The van der Waals surface area contributed by atoms with E-state index in [1.807, 2.05) is 11.8 Å². The van der Waals surface area contributed by atoms with E-state index in [0.717, 1.165) is 44.8 Å². The summed E-state index contributed by atoms with van der Waals surface area (Å²) in [7, 11) is 0. The Morgan fingerprint density at radius 2 is 1.91 bits per heavy atom. The number of rotatable bonds is 3. The molecule has 2 saturated heterocycles. The highest BCUT2D eigenvalue weighted by Gasteiger charge is 2.32. The maximum absolute atomic E-state index is 12.3. The van der Waals surface area contributed by atoms with Crippen molar-refractivity contribution in [1.82, 2.24) is 15.5 Å². The minimum absolute atomic E-state index is 0. The van der Waals surface area contributed by atoms with Crippen molar-refractivity contribution in [2.45, 2.75) is 32.7 Å². The van der Waals surface area contributed by atoms with Crippen LogP contribution in [0.2, 0.25) is 0 Å². The number of nitrogens with one attached hydrogen (secondary N) is 2. The van der Waals surface area contributed by atoms with E-state index in [-0.39, 0.29) is 36.2 Å². The van der Waals surface area contributed by atoms with Gasteiger partial charge in [0.05, 0.1) is 11.5 Å². The molecule has 2 N–H and O–H groups in total. The van der Waals surface area contributed by atoms with E-state index in [1.54, 1.807) is 13.0 Å². The third-order valence-corrected chi connectivity index (χ3v) is 4.56. The maximum atomic E-state index is 12.3. The highest BCUT2D eigenvalue weighted by Crippen LogP contribution is 2.17. The molecule has 1 aromatic rings. The van der Waals surface area contributed by atoms with Crippen LogP contribution in [-0.2, 0) is 4.79 Å². The van der Waals surface area contributed by atoms with E-state index >= 15 is 0 Å². The summed E-state index contributed by atoms with van der Waals surface area (Å²) < 4.78 is 5.40. The number of carbonyl (C=O) groups is 2. The largest absolute Gasteiger partial charge is 0.466 e. The maximum Gasteiger partial charge on any atom is 0.255 e. The molecule has 1 aromatic heterocycles. The summed E-state index contributed by atoms with van der Waals surface area (Å²) in [6.07, 6.45) is 1.63. The van der Waals surface area contributed by atoms with Gasteiger partial charge >= 0.3 is 0 Å². The van der Waals surface area contributed by atoms with Crippen LogP contribution in [0.4, 0.5) is 0 Å². The van der Waals surface area contributed by atoms with Crippen molar-refractivity contribution >= 4 is 24.2 Å². The molecule has 128 valence electrons. The molecule has 2 fully saturated rings. The van der Waals surface area contributed by atoms with Gasteiger partial charge in [-0.15, -0.1) is 12.4 Å². The molecule has 23 heavy (non-hydrogen) atoms. The molecule has 2 aliphatic rings. The second kappa shape index (κ2) is 7.36. The molecule has 3 heterocycles. The van der Waals surface area contributed by atoms with Gasteiger partial charge in [-0.25, -0.2) is 0 Å². The molecule has 0 aliphatic carbocycles. The van der Waals surface area contributed by atoms with Gasteiger partial charge in [-0.1, -0.05) is 0 Å². The number of aryl methyl sites for hydroxylation is 2. The molecule has 3 rings (SSSR count). The number of nitrogens with zero attached hydrogens (tertiary/aromatic N) is 1. The van der Waals surface area contributed by atoms with Gasteiger partial charge < -0.3 is 20.0 Å². The summed E-state index contributed by atoms with van der Waals surface area (Å²) in [5.74, 6) is 1.73. The topological polar surface area (TPSA) is 74.6 Å². The van der Waals surface area contributed by atoms with E-state index in [0.29, 0.717) is 11.3 Å². The lowest BCUT2D eigenvalue weighted by molar-refractivity contribution is -0.138. The third-order valence-electron chi connectivity index (χ3n) is 4.56. The Morgan fingerprint density at radius 3 is 2.39 bits per heavy atom. The number of likely N-dealkylation sites (tertiary alicyclic amines) is 1. The Labute approximate surface area is 142 Å². The summed E-state index contributed by atoms with van der Waals surface area (Å²) >= 11 is 0. The van der Waals surface area contributed by atoms with Gasteiger partial charge in [-0.05, 0) is 32.8 Å². The number of furan rings is 1. The first-order chi connectivity index (χ1) is 10.5. The third kappa shape index (κ3) is 3.87. The van der Waals surface area contributed by atoms with Crippen LogP contribution in [0.1, 0.15) is 34.7 Å². The molecule has 6 nitrogen and oxygen atoms in total. The van der Waals surface area contributed by atoms with Crippen molar-refractivity contribution in [2.24, 2.45) is 5.92 Å². The van der Waals surface area contributed by atoms with Gasteiger partial charge in [0.2, 0.25) is 5.91 Å². The van der Waals surface area contributed by atoms with Crippen LogP contribution in [0.25, 0.3) is 0 Å². The second-order valence-corrected chi connectivity index (χ2v) is 6.26. The fraction of sp³-hybridized carbons (Fsp3) is 0.625. The normalized spacial score (nSPS) is 19.0. The minimum Gasteiger partial charge on any atom is -0.466 e. The predicted molar refractivity (Wildman–Crippen MR) is 88.9 cm³/mol. The number of carbonyl (C=O) groups excluding carboxylic acids is 2. The Kier molecular flexibility index (Phi) is 5.70. The summed E-state index contributed by atoms with van der Waals surface area (Å²) in [6, 6.07) is 1.90. The van der Waals surface area contributed by atoms with Crippen molar-refractivity contribution < 1.29 is 14.0 Å². The Hall–Kier alpha value is -1.53. The van der Waals surface area contributed by atoms with Crippen LogP contribution in [0.5, 0.6) is 0 Å². The molecule has 0 atom stereocenters. The van der Waals surface area contributed by atoms with Crippen LogP contribution >= 0.6 is 12.4 Å². The van der Waals surface area contributed by atoms with Crippen LogP contribution in [-0.4, -0.2) is 48.9 Å². The zero-order chi connectivity index (χ0) is 15.7. The molecule has 0 bridgehead atoms. The zero-order valence-electron chi connectivity index (χ0n) is 13.6. The van der Waals surface area contributed by atoms with Gasteiger partial charge in [0, 0.05) is 32.2 Å². The van der Waals surface area contributed by atoms with Crippen molar-refractivity contribution in [3.63, 3.8) is 0 Å². The van der Waals surface area contributed by atoms with Gasteiger partial charge in [-0.3, -0.25) is 9.59 Å². The Morgan fingerprint density at radius 1 is 1.26 bits per heavy atom. The predicted octanol–water partition coefficient (Wildman–Crippen LogP) is 1.26. The lowest BCUT2D eigenvalue weighted by Crippen LogP contribution is -2.55. The number of piperidine rings is 1. The average molecular weight is 342 g/mol. The average Bonchev–Trinajstić information content (AvgIpc) is 2.76. The van der Waals surface area contributed by atoms with E-state index in [4.69, 9.17) is 4.42 Å². The molecule has 7 heteroatoms. The van der Waals surface area contributed by atoms with Crippen molar-refractivity contribution in [3.05, 3.63) is 23.2 Å². The van der Waals surface area contributed by atoms with Crippen molar-refractivity contribution in [3.8, 4) is 0 Å². The second-order valence-electron chi connectivity index (χ2n) is 6.26. The number of halogens is 1. The van der Waals surface area contributed by atoms with Gasteiger partial charge in [0.1, 0.15) is 11.5 Å². The van der Waals surface area contributed by atoms with E-state index < -0.39 is 0 Å². The molecule has 2 aliphatic heterocycles. The monoisotopic (exact) mass is 341 g/mol. The fourth-order valence-electron chi connectivity index (χ4n) is 3.09. The summed E-state index contributed by atoms with van der Waals surface area (Å²) in [4.78, 5) is 26.4. The number of hydrogen-bond donors (Lipinski definition) is 2. The Bertz CT molecular complexity index is 575. The number of amides is 2. The summed E-state index contributed by atoms with van der Waals surface area (Å²) in [5.41, 5.74) is 0.608. The lowest BCUT2D eigenvalue weighted by atomic mass is 9.98. The molecule has 0 unspecified atom stereocenters. The molecular formula is C16H24ClN3O3. The molecule has 0 saturated carbocycles. The number of hydrogen-bond acceptors (Lipinski definition) is 4. The SMILES string of the molecule is Cc1cc(C(=O)NC2CCN(C(=O)C3CNC3)CC2)c(C)o1.Cl. The molecule has 0 aromatic carbocycles. The van der Waals surface area contributed by atoms with Crippen molar-refractivity contribution in [1.29, 1.82) is 0 Å². The van der Waals surface area contributed by atoms with E-state index in [9.17, 15) is 9.59 Å². The molecule has 0 radical (unpaired) electrons. The van der Waals surface area contributed by atoms with Crippen LogP contribution < -0.4 is 10.6 Å². The van der Waals surface area contributed by atoms with E-state index in [2.05, 4.69) is 10.6 Å². The fourth-order valence-corrected chi connectivity index (χ4v) is 3.09. The summed E-state index contributed by atoms with van der Waals surface area (Å²) in [6.45, 7) is 6.69. The van der Waals surface area contributed by atoms with Crippen LogP contribution in [0.3, 0.4) is 0 Å². The zero-order valence-corrected chi connectivity index (χ0v) is 14.4. The minimum atomic E-state index is -0.0812. The first-order valence-electron chi connectivity index (χ1n) is 7.92. The highest BCUT2D eigenvalue weighted by atomic mass is 35.5. The first kappa shape index (κ1) is 17.8. The van der Waals surface area contributed by atoms with Crippen LogP contribution in [0.15, 0.2) is 10.5 Å².